The minimum absolute atomic E-state index is 0.140. The Bertz CT molecular complexity index is 1330. The number of fused-ring (bicyclic) bond motifs is 3. The minimum Gasteiger partial charge on any atom is -0.502 e. The molecule has 0 aliphatic carbocycles. The van der Waals surface area contributed by atoms with Gasteiger partial charge >= 0.3 is 6.18 Å². The number of amides is 1. The highest BCUT2D eigenvalue weighted by Gasteiger charge is 2.44. The zero-order valence-electron chi connectivity index (χ0n) is 18.5. The summed E-state index contributed by atoms with van der Waals surface area (Å²) in [7, 11) is 0. The molecule has 6 nitrogen and oxygen atoms in total. The van der Waals surface area contributed by atoms with Crippen molar-refractivity contribution in [3.05, 3.63) is 93.2 Å². The van der Waals surface area contributed by atoms with Gasteiger partial charge in [0, 0.05) is 22.9 Å². The number of aromatic hydroxyl groups is 1. The van der Waals surface area contributed by atoms with Gasteiger partial charge < -0.3 is 15.4 Å². The van der Waals surface area contributed by atoms with E-state index in [4.69, 9.17) is 0 Å². The summed E-state index contributed by atoms with van der Waals surface area (Å²) in [5.74, 6) is -1.09. The SMILES string of the molecule is C[C@H](N1CNn2ccc(=O)c(O)c2C1=O)C(F)(F)F.Fc1ccc2c(c1)Cc1ccccc1CS2. The Balaban J connectivity index is 0.000000167. The first-order chi connectivity index (χ1) is 16.6. The van der Waals surface area contributed by atoms with Crippen molar-refractivity contribution in [3.8, 4) is 5.75 Å². The molecule has 3 aromatic rings. The second kappa shape index (κ2) is 9.65. The number of nitrogens with zero attached hydrogens (tertiary/aromatic N) is 2. The van der Waals surface area contributed by atoms with Gasteiger partial charge in [-0.05, 0) is 48.2 Å². The predicted octanol–water partition coefficient (Wildman–Crippen LogP) is 4.48. The summed E-state index contributed by atoms with van der Waals surface area (Å²) in [6.07, 6.45) is -2.58. The van der Waals surface area contributed by atoms with Crippen LogP contribution in [0, 0.1) is 5.82 Å². The summed E-state index contributed by atoms with van der Waals surface area (Å²) in [6.45, 7) is 0.447. The standard InChI is InChI=1S/C14H11FS.C10H10F3N3O3/c15-13-5-6-14-12(8-13)7-10-3-1-2-4-11(10)9-16-14;1-5(10(11,12)13)15-4-14-16-3-2-6(17)8(18)7(16)9(15)19/h1-6,8H,7,9H2;2-3,5,14,18H,4H2,1H3/t;5-/m.0/s1. The van der Waals surface area contributed by atoms with E-state index in [1.165, 1.54) is 22.2 Å². The number of pyridine rings is 1. The molecule has 2 N–H and O–H groups in total. The van der Waals surface area contributed by atoms with Crippen molar-refractivity contribution in [2.45, 2.75) is 36.2 Å². The predicted molar refractivity (Wildman–Crippen MR) is 123 cm³/mol. The molecular weight excluding hydrogens is 486 g/mol. The van der Waals surface area contributed by atoms with Crippen LogP contribution in [0.3, 0.4) is 0 Å². The smallest absolute Gasteiger partial charge is 0.408 e. The molecular formula is C24H21F4N3O3S. The van der Waals surface area contributed by atoms with Gasteiger partial charge in [-0.3, -0.25) is 14.3 Å². The fourth-order valence-corrected chi connectivity index (χ4v) is 4.84. The quantitative estimate of drug-likeness (QED) is 0.475. The Kier molecular flexibility index (Phi) is 6.79. The van der Waals surface area contributed by atoms with E-state index in [0.717, 1.165) is 35.4 Å². The third-order valence-electron chi connectivity index (χ3n) is 5.79. The van der Waals surface area contributed by atoms with Gasteiger partial charge in [0.2, 0.25) is 5.43 Å². The highest BCUT2D eigenvalue weighted by Crippen LogP contribution is 2.34. The van der Waals surface area contributed by atoms with Crippen molar-refractivity contribution < 1.29 is 27.5 Å². The number of carbonyl (C=O) groups is 1. The van der Waals surface area contributed by atoms with Gasteiger partial charge in [0.15, 0.2) is 11.4 Å². The zero-order valence-corrected chi connectivity index (χ0v) is 19.3. The molecule has 3 heterocycles. The highest BCUT2D eigenvalue weighted by atomic mass is 32.2. The van der Waals surface area contributed by atoms with Gasteiger partial charge in [0.05, 0.1) is 0 Å². The zero-order chi connectivity index (χ0) is 25.3. The van der Waals surface area contributed by atoms with Gasteiger partial charge in [-0.25, -0.2) is 4.39 Å². The molecule has 1 amide bonds. The summed E-state index contributed by atoms with van der Waals surface area (Å²) in [5, 5.41) is 9.51. The maximum atomic E-state index is 13.2. The van der Waals surface area contributed by atoms with E-state index in [1.807, 2.05) is 12.1 Å². The largest absolute Gasteiger partial charge is 0.502 e. The lowest BCUT2D eigenvalue weighted by Crippen LogP contribution is -2.54. The molecule has 0 saturated heterocycles. The summed E-state index contributed by atoms with van der Waals surface area (Å²) >= 11 is 1.79. The maximum Gasteiger partial charge on any atom is 0.408 e. The van der Waals surface area contributed by atoms with E-state index >= 15 is 0 Å². The molecule has 0 spiro atoms. The molecule has 0 bridgehead atoms. The average molecular weight is 508 g/mol. The molecule has 1 aromatic heterocycles. The molecule has 11 heteroatoms. The van der Waals surface area contributed by atoms with E-state index in [9.17, 15) is 32.3 Å². The van der Waals surface area contributed by atoms with Crippen molar-refractivity contribution in [2.75, 3.05) is 12.1 Å². The highest BCUT2D eigenvalue weighted by molar-refractivity contribution is 7.98. The number of alkyl halides is 3. The summed E-state index contributed by atoms with van der Waals surface area (Å²) < 4.78 is 52.1. The molecule has 0 saturated carbocycles. The topological polar surface area (TPSA) is 74.6 Å². The summed E-state index contributed by atoms with van der Waals surface area (Å²) in [5.41, 5.74) is 4.94. The molecule has 35 heavy (non-hydrogen) atoms. The van der Waals surface area contributed by atoms with Crippen LogP contribution in [0.5, 0.6) is 5.75 Å². The number of aromatic nitrogens is 1. The lowest BCUT2D eigenvalue weighted by Gasteiger charge is -2.35. The number of hydrogen-bond acceptors (Lipinski definition) is 5. The second-order valence-corrected chi connectivity index (χ2v) is 9.06. The number of hydrogen-bond donors (Lipinski definition) is 2. The van der Waals surface area contributed by atoms with Gasteiger partial charge in [0.25, 0.3) is 5.91 Å². The van der Waals surface area contributed by atoms with Crippen molar-refractivity contribution >= 4 is 17.7 Å². The Morgan fingerprint density at radius 2 is 1.77 bits per heavy atom. The molecule has 2 aliphatic rings. The van der Waals surface area contributed by atoms with Crippen LogP contribution in [0.4, 0.5) is 17.6 Å². The van der Waals surface area contributed by atoms with Crippen LogP contribution in [0.15, 0.2) is 64.4 Å². The van der Waals surface area contributed by atoms with Crippen molar-refractivity contribution in [3.63, 3.8) is 0 Å². The summed E-state index contributed by atoms with van der Waals surface area (Å²) in [4.78, 5) is 24.9. The number of nitrogens with one attached hydrogen (secondary N) is 1. The second-order valence-electron chi connectivity index (χ2n) is 8.04. The average Bonchev–Trinajstić information content (AvgIpc) is 3.00. The Morgan fingerprint density at radius 1 is 1.06 bits per heavy atom. The van der Waals surface area contributed by atoms with Crippen molar-refractivity contribution in [1.82, 2.24) is 9.58 Å². The molecule has 0 unspecified atom stereocenters. The number of benzene rings is 2. The van der Waals surface area contributed by atoms with Gasteiger partial charge in [0.1, 0.15) is 18.5 Å². The fraction of sp³-hybridized carbons (Fsp3) is 0.250. The molecule has 184 valence electrons. The lowest BCUT2D eigenvalue weighted by atomic mass is 10.0. The molecule has 0 fully saturated rings. The molecule has 5 rings (SSSR count). The van der Waals surface area contributed by atoms with E-state index in [-0.39, 0.29) is 12.5 Å². The van der Waals surface area contributed by atoms with Gasteiger partial charge in [-0.1, -0.05) is 24.3 Å². The fourth-order valence-electron chi connectivity index (χ4n) is 3.77. The van der Waals surface area contributed by atoms with Crippen LogP contribution in [-0.4, -0.2) is 39.5 Å². The first-order valence-electron chi connectivity index (χ1n) is 10.6. The lowest BCUT2D eigenvalue weighted by molar-refractivity contribution is -0.172. The van der Waals surface area contributed by atoms with Crippen LogP contribution in [-0.2, 0) is 12.2 Å². The number of carbonyl (C=O) groups excluding carboxylic acids is 1. The van der Waals surface area contributed by atoms with Gasteiger partial charge in [-0.2, -0.15) is 13.2 Å². The van der Waals surface area contributed by atoms with Crippen molar-refractivity contribution in [1.29, 1.82) is 0 Å². The van der Waals surface area contributed by atoms with Crippen LogP contribution < -0.4 is 10.9 Å². The molecule has 2 aliphatic heterocycles. The first kappa shape index (κ1) is 24.6. The van der Waals surface area contributed by atoms with Gasteiger partial charge in [-0.15, -0.1) is 11.8 Å². The summed E-state index contributed by atoms with van der Waals surface area (Å²) in [6, 6.07) is 12.5. The van der Waals surface area contributed by atoms with E-state index < -0.39 is 35.0 Å². The van der Waals surface area contributed by atoms with E-state index in [2.05, 4.69) is 23.6 Å². The number of thioether (sulfide) groups is 1. The maximum absolute atomic E-state index is 13.2. The van der Waals surface area contributed by atoms with Crippen LogP contribution in [0.1, 0.15) is 34.1 Å². The molecule has 2 aromatic carbocycles. The van der Waals surface area contributed by atoms with E-state index in [1.54, 1.807) is 23.9 Å². The number of rotatable bonds is 1. The minimum atomic E-state index is -4.59. The third kappa shape index (κ3) is 5.14. The van der Waals surface area contributed by atoms with Crippen LogP contribution in [0.25, 0.3) is 0 Å². The Morgan fingerprint density at radius 3 is 2.49 bits per heavy atom. The van der Waals surface area contributed by atoms with Crippen LogP contribution in [0.2, 0.25) is 0 Å². The van der Waals surface area contributed by atoms with Crippen LogP contribution >= 0.6 is 11.8 Å². The molecule has 0 radical (unpaired) electrons. The monoisotopic (exact) mass is 507 g/mol. The third-order valence-corrected chi connectivity index (χ3v) is 6.96. The van der Waals surface area contributed by atoms with E-state index in [0.29, 0.717) is 4.90 Å². The Hall–Kier alpha value is -3.47. The first-order valence-corrected chi connectivity index (χ1v) is 11.6. The molecule has 1 atom stereocenters. The normalized spacial score (nSPS) is 15.5. The van der Waals surface area contributed by atoms with Crippen molar-refractivity contribution in [2.24, 2.45) is 0 Å². The number of halogens is 4. The Labute approximate surface area is 202 Å².